The van der Waals surface area contributed by atoms with Crippen LogP contribution in [0.5, 0.6) is 11.5 Å². The van der Waals surface area contributed by atoms with Crippen molar-refractivity contribution in [2.24, 2.45) is 0 Å². The maximum Gasteiger partial charge on any atom is 0.123 e. The van der Waals surface area contributed by atoms with E-state index in [1.54, 1.807) is 0 Å². The molecule has 5 rings (SSSR count). The number of aryl methyl sites for hydroxylation is 2. The van der Waals surface area contributed by atoms with Crippen LogP contribution in [0, 0.1) is 13.8 Å². The van der Waals surface area contributed by atoms with E-state index in [-0.39, 0.29) is 21.7 Å². The van der Waals surface area contributed by atoms with Crippen LogP contribution in [0.2, 0.25) is 0 Å². The highest BCUT2D eigenvalue weighted by atomic mass is 16.3. The van der Waals surface area contributed by atoms with Crippen LogP contribution >= 0.6 is 0 Å². The maximum atomic E-state index is 11.9. The van der Waals surface area contributed by atoms with Crippen LogP contribution in [0.3, 0.4) is 0 Å². The third-order valence-electron chi connectivity index (χ3n) is 9.77. The first-order chi connectivity index (χ1) is 20.5. The number of benzene rings is 4. The Morgan fingerprint density at radius 1 is 0.422 bits per heavy atom. The molecular weight excluding hydrogens is 548 g/mol. The zero-order valence-corrected chi connectivity index (χ0v) is 30.2. The molecule has 45 heavy (non-hydrogen) atoms. The summed E-state index contributed by atoms with van der Waals surface area (Å²) in [5.41, 5.74) is 11.7. The molecule has 1 aliphatic carbocycles. The Morgan fingerprint density at radius 2 is 0.689 bits per heavy atom. The van der Waals surface area contributed by atoms with Gasteiger partial charge in [-0.2, -0.15) is 0 Å². The van der Waals surface area contributed by atoms with Gasteiger partial charge in [-0.05, 0) is 115 Å². The van der Waals surface area contributed by atoms with Gasteiger partial charge < -0.3 is 10.2 Å². The van der Waals surface area contributed by atoms with Crippen LogP contribution in [-0.2, 0) is 27.1 Å². The Morgan fingerprint density at radius 3 is 0.933 bits per heavy atom. The van der Waals surface area contributed by atoms with Gasteiger partial charge in [0.05, 0.1) is 5.41 Å². The highest BCUT2D eigenvalue weighted by Gasteiger charge is 2.48. The molecule has 0 saturated heterocycles. The number of aromatic hydroxyl groups is 2. The largest absolute Gasteiger partial charge is 0.507 e. The third-order valence-corrected chi connectivity index (χ3v) is 9.77. The molecule has 2 heteroatoms. The summed E-state index contributed by atoms with van der Waals surface area (Å²) >= 11 is 0. The molecule has 1 aliphatic rings. The van der Waals surface area contributed by atoms with Gasteiger partial charge in [0.2, 0.25) is 0 Å². The van der Waals surface area contributed by atoms with Crippen LogP contribution in [0.4, 0.5) is 0 Å². The summed E-state index contributed by atoms with van der Waals surface area (Å²) in [6, 6.07) is 22.8. The molecule has 238 valence electrons. The monoisotopic (exact) mass is 602 g/mol. The molecule has 0 unspecified atom stereocenters. The molecule has 2 nitrogen and oxygen atoms in total. The smallest absolute Gasteiger partial charge is 0.123 e. The van der Waals surface area contributed by atoms with Crippen molar-refractivity contribution in [3.05, 3.63) is 116 Å². The van der Waals surface area contributed by atoms with E-state index in [4.69, 9.17) is 0 Å². The van der Waals surface area contributed by atoms with E-state index in [2.05, 4.69) is 158 Å². The van der Waals surface area contributed by atoms with Crippen molar-refractivity contribution in [3.8, 4) is 22.6 Å². The Hall–Kier alpha value is -3.52. The average molecular weight is 603 g/mol. The SMILES string of the molecule is Cc1ccc2c(c1)C(c1cc(C(C)(C)C)c(O)c(C(C)(C)C)c1)(c1cc(C(C)(C)C)c(O)c(C(C)(C)C)c1)c1cc(C)ccc1-2. The van der Waals surface area contributed by atoms with Crippen molar-refractivity contribution in [2.45, 2.75) is 124 Å². The fourth-order valence-corrected chi connectivity index (χ4v) is 7.33. The minimum Gasteiger partial charge on any atom is -0.507 e. The number of hydrogen-bond donors (Lipinski definition) is 2. The first-order valence-corrected chi connectivity index (χ1v) is 16.5. The molecule has 0 heterocycles. The van der Waals surface area contributed by atoms with Gasteiger partial charge in [-0.25, -0.2) is 0 Å². The molecule has 2 N–H and O–H groups in total. The Kier molecular flexibility index (Phi) is 7.48. The number of rotatable bonds is 2. The quantitative estimate of drug-likeness (QED) is 0.211. The lowest BCUT2D eigenvalue weighted by Crippen LogP contribution is -2.32. The molecule has 4 aromatic rings. The van der Waals surface area contributed by atoms with Gasteiger partial charge >= 0.3 is 0 Å². The zero-order valence-electron chi connectivity index (χ0n) is 30.2. The molecule has 0 amide bonds. The van der Waals surface area contributed by atoms with Crippen molar-refractivity contribution < 1.29 is 10.2 Å². The number of fused-ring (bicyclic) bond motifs is 3. The van der Waals surface area contributed by atoms with Gasteiger partial charge in [-0.1, -0.05) is 131 Å². The van der Waals surface area contributed by atoms with E-state index >= 15 is 0 Å². The molecule has 0 fully saturated rings. The number of phenols is 2. The highest BCUT2D eigenvalue weighted by Crippen LogP contribution is 2.59. The van der Waals surface area contributed by atoms with Gasteiger partial charge in [0, 0.05) is 0 Å². The lowest BCUT2D eigenvalue weighted by molar-refractivity contribution is 0.421. The van der Waals surface area contributed by atoms with Crippen LogP contribution in [-0.4, -0.2) is 10.2 Å². The maximum absolute atomic E-state index is 11.9. The predicted molar refractivity (Wildman–Crippen MR) is 191 cm³/mol. The third kappa shape index (κ3) is 5.29. The molecule has 0 atom stereocenters. The van der Waals surface area contributed by atoms with E-state index in [0.717, 1.165) is 33.4 Å². The Labute approximate surface area is 272 Å². The van der Waals surface area contributed by atoms with E-state index in [1.807, 2.05) is 0 Å². The first kappa shape index (κ1) is 32.9. The number of phenolic OH excluding ortho intramolecular Hbond substituents is 2. The fourth-order valence-electron chi connectivity index (χ4n) is 7.33. The van der Waals surface area contributed by atoms with Crippen LogP contribution in [0.1, 0.15) is 139 Å². The van der Waals surface area contributed by atoms with E-state index in [9.17, 15) is 10.2 Å². The normalized spacial score (nSPS) is 14.8. The molecule has 0 bridgehead atoms. The van der Waals surface area contributed by atoms with Crippen LogP contribution in [0.25, 0.3) is 11.1 Å². The van der Waals surface area contributed by atoms with Crippen LogP contribution < -0.4 is 0 Å². The number of hydrogen-bond acceptors (Lipinski definition) is 2. The van der Waals surface area contributed by atoms with Crippen molar-refractivity contribution in [3.63, 3.8) is 0 Å². The average Bonchev–Trinajstić information content (AvgIpc) is 3.15. The second-order valence-corrected chi connectivity index (χ2v) is 17.7. The lowest BCUT2D eigenvalue weighted by atomic mass is 9.63. The van der Waals surface area contributed by atoms with Gasteiger partial charge in [0.15, 0.2) is 0 Å². The molecular formula is C43H54O2. The Bertz CT molecular complexity index is 1600. The molecule has 0 saturated carbocycles. The Balaban J connectivity index is 2.12. The van der Waals surface area contributed by atoms with Crippen molar-refractivity contribution in [1.82, 2.24) is 0 Å². The predicted octanol–water partition coefficient (Wildman–Crippen LogP) is 11.3. The standard InChI is InChI=1S/C43H54O2/c1-25-15-17-29-30-18-16-26(2)20-32(30)43(31(29)19-25,27-21-33(39(3,4)5)37(44)34(22-27)40(6,7)8)28-23-35(41(9,10)11)38(45)36(24-28)42(12,13)14/h15-24,44-45H,1-14H3. The van der Waals surface area contributed by atoms with Gasteiger partial charge in [0.1, 0.15) is 11.5 Å². The molecule has 0 radical (unpaired) electrons. The minimum atomic E-state index is -0.676. The topological polar surface area (TPSA) is 40.5 Å². The molecule has 0 aromatic heterocycles. The molecule has 0 aliphatic heterocycles. The minimum absolute atomic E-state index is 0.285. The van der Waals surface area contributed by atoms with Crippen LogP contribution in [0.15, 0.2) is 60.7 Å². The van der Waals surface area contributed by atoms with Crippen molar-refractivity contribution in [2.75, 3.05) is 0 Å². The summed E-state index contributed by atoms with van der Waals surface area (Å²) in [7, 11) is 0. The van der Waals surface area contributed by atoms with Crippen molar-refractivity contribution >= 4 is 0 Å². The van der Waals surface area contributed by atoms with Gasteiger partial charge in [-0.3, -0.25) is 0 Å². The van der Waals surface area contributed by atoms with E-state index in [0.29, 0.717) is 11.5 Å². The fraction of sp³-hybridized carbons (Fsp3) is 0.442. The first-order valence-electron chi connectivity index (χ1n) is 16.5. The van der Waals surface area contributed by atoms with Gasteiger partial charge in [0.25, 0.3) is 0 Å². The summed E-state index contributed by atoms with van der Waals surface area (Å²) in [4.78, 5) is 0. The molecule has 4 aromatic carbocycles. The summed E-state index contributed by atoms with van der Waals surface area (Å²) in [6.07, 6.45) is 0. The summed E-state index contributed by atoms with van der Waals surface area (Å²) < 4.78 is 0. The van der Waals surface area contributed by atoms with E-state index in [1.165, 1.54) is 33.4 Å². The summed E-state index contributed by atoms with van der Waals surface area (Å²) in [5, 5.41) is 23.7. The summed E-state index contributed by atoms with van der Waals surface area (Å²) in [5.74, 6) is 0.773. The lowest BCUT2D eigenvalue weighted by Gasteiger charge is -2.39. The second-order valence-electron chi connectivity index (χ2n) is 17.7. The van der Waals surface area contributed by atoms with Gasteiger partial charge in [-0.15, -0.1) is 0 Å². The summed E-state index contributed by atoms with van der Waals surface area (Å²) in [6.45, 7) is 30.6. The zero-order chi connectivity index (χ0) is 33.7. The highest BCUT2D eigenvalue weighted by molar-refractivity contribution is 5.87. The molecule has 0 spiro atoms. The van der Waals surface area contributed by atoms with E-state index < -0.39 is 5.41 Å². The second kappa shape index (κ2) is 10.2. The van der Waals surface area contributed by atoms with Crippen molar-refractivity contribution in [1.29, 1.82) is 0 Å².